The molecule has 6 nitrogen and oxygen atoms in total. The van der Waals surface area contributed by atoms with Crippen LogP contribution in [-0.2, 0) is 20.7 Å². The molecule has 1 atom stereocenters. The van der Waals surface area contributed by atoms with Gasteiger partial charge >= 0.3 is 5.97 Å². The number of para-hydroxylation sites is 1. The van der Waals surface area contributed by atoms with E-state index in [-0.39, 0.29) is 12.2 Å². The molecule has 1 heterocycles. The number of amides is 1. The van der Waals surface area contributed by atoms with Crippen molar-refractivity contribution in [3.63, 3.8) is 0 Å². The van der Waals surface area contributed by atoms with Gasteiger partial charge in [0, 0.05) is 28.0 Å². The number of benzene rings is 2. The van der Waals surface area contributed by atoms with Crippen LogP contribution in [0.5, 0.6) is 5.75 Å². The van der Waals surface area contributed by atoms with Crippen LogP contribution in [0, 0.1) is 5.82 Å². The fourth-order valence-electron chi connectivity index (χ4n) is 2.83. The SMILES string of the molecule is COC(=O)C(Cc1c[nH]c2ccccc12)NC(=O)COc1ccc(Br)cc1F. The number of hydrogen-bond acceptors (Lipinski definition) is 4. The summed E-state index contributed by atoms with van der Waals surface area (Å²) in [5, 5.41) is 3.54. The third kappa shape index (κ3) is 4.69. The first-order valence-corrected chi connectivity index (χ1v) is 9.27. The highest BCUT2D eigenvalue weighted by Crippen LogP contribution is 2.22. The molecule has 146 valence electrons. The maximum Gasteiger partial charge on any atom is 0.328 e. The maximum atomic E-state index is 13.8. The standard InChI is InChI=1S/C20H18BrFN2O4/c1-27-20(26)17(8-12-10-23-16-5-3-2-4-14(12)16)24-19(25)11-28-18-7-6-13(21)9-15(18)22/h2-7,9-10,17,23H,8,11H2,1H3,(H,24,25). The molecule has 0 aliphatic carbocycles. The Morgan fingerprint density at radius 1 is 1.25 bits per heavy atom. The Hall–Kier alpha value is -2.87. The number of rotatable bonds is 7. The molecule has 1 amide bonds. The molecular weight excluding hydrogens is 431 g/mol. The van der Waals surface area contributed by atoms with Crippen LogP contribution in [0.4, 0.5) is 4.39 Å². The number of aromatic nitrogens is 1. The molecule has 2 N–H and O–H groups in total. The molecule has 28 heavy (non-hydrogen) atoms. The van der Waals surface area contributed by atoms with Crippen molar-refractivity contribution in [3.05, 3.63) is 64.5 Å². The lowest BCUT2D eigenvalue weighted by atomic mass is 10.0. The number of aromatic amines is 1. The number of methoxy groups -OCH3 is 1. The zero-order valence-corrected chi connectivity index (χ0v) is 16.6. The Labute approximate surface area is 169 Å². The van der Waals surface area contributed by atoms with Crippen LogP contribution in [0.2, 0.25) is 0 Å². The van der Waals surface area contributed by atoms with E-state index in [1.54, 1.807) is 12.3 Å². The van der Waals surface area contributed by atoms with Gasteiger partial charge in [-0.3, -0.25) is 4.79 Å². The third-order valence-corrected chi connectivity index (χ3v) is 4.67. The minimum Gasteiger partial charge on any atom is -0.481 e. The maximum absolute atomic E-state index is 13.8. The first-order chi connectivity index (χ1) is 13.5. The second-order valence-electron chi connectivity index (χ2n) is 6.07. The number of ether oxygens (including phenoxy) is 2. The largest absolute Gasteiger partial charge is 0.481 e. The van der Waals surface area contributed by atoms with Gasteiger partial charge in [-0.25, -0.2) is 9.18 Å². The van der Waals surface area contributed by atoms with Crippen LogP contribution in [0.3, 0.4) is 0 Å². The zero-order valence-electron chi connectivity index (χ0n) is 15.0. The Bertz CT molecular complexity index is 1000. The highest BCUT2D eigenvalue weighted by molar-refractivity contribution is 9.10. The Kier molecular flexibility index (Phi) is 6.30. The highest BCUT2D eigenvalue weighted by atomic mass is 79.9. The molecule has 0 fully saturated rings. The van der Waals surface area contributed by atoms with E-state index in [0.717, 1.165) is 16.5 Å². The average Bonchev–Trinajstić information content (AvgIpc) is 3.09. The van der Waals surface area contributed by atoms with Crippen LogP contribution < -0.4 is 10.1 Å². The summed E-state index contributed by atoms with van der Waals surface area (Å²) in [5.41, 5.74) is 1.80. The number of halogens is 2. The van der Waals surface area contributed by atoms with Crippen molar-refractivity contribution in [2.24, 2.45) is 0 Å². The summed E-state index contributed by atoms with van der Waals surface area (Å²) in [5.74, 6) is -1.78. The molecule has 2 aromatic carbocycles. The van der Waals surface area contributed by atoms with Gasteiger partial charge in [-0.15, -0.1) is 0 Å². The molecule has 0 spiro atoms. The first-order valence-electron chi connectivity index (χ1n) is 8.48. The minimum atomic E-state index is -0.893. The number of carbonyl (C=O) groups is 2. The zero-order chi connectivity index (χ0) is 20.1. The fourth-order valence-corrected chi connectivity index (χ4v) is 3.16. The molecule has 0 saturated heterocycles. The van der Waals surface area contributed by atoms with Gasteiger partial charge in [0.05, 0.1) is 7.11 Å². The summed E-state index contributed by atoms with van der Waals surface area (Å²) in [7, 11) is 1.25. The predicted molar refractivity (Wildman–Crippen MR) is 106 cm³/mol. The molecule has 0 saturated carbocycles. The molecule has 1 aromatic heterocycles. The summed E-state index contributed by atoms with van der Waals surface area (Å²) in [6.45, 7) is -0.431. The van der Waals surface area contributed by atoms with Crippen molar-refractivity contribution < 1.29 is 23.5 Å². The second-order valence-corrected chi connectivity index (χ2v) is 6.99. The van der Waals surface area contributed by atoms with Crippen molar-refractivity contribution in [2.45, 2.75) is 12.5 Å². The van der Waals surface area contributed by atoms with E-state index < -0.39 is 30.3 Å². The smallest absolute Gasteiger partial charge is 0.328 e. The highest BCUT2D eigenvalue weighted by Gasteiger charge is 2.23. The van der Waals surface area contributed by atoms with Crippen molar-refractivity contribution in [3.8, 4) is 5.75 Å². The quantitative estimate of drug-likeness (QED) is 0.543. The van der Waals surface area contributed by atoms with Gasteiger partial charge in [-0.1, -0.05) is 34.1 Å². The van der Waals surface area contributed by atoms with Gasteiger partial charge in [-0.05, 0) is 29.8 Å². The molecule has 0 bridgehead atoms. The summed E-state index contributed by atoms with van der Waals surface area (Å²) < 4.78 is 24.4. The minimum absolute atomic E-state index is 0.0513. The van der Waals surface area contributed by atoms with Crippen molar-refractivity contribution in [1.29, 1.82) is 0 Å². The predicted octanol–water partition coefficient (Wildman–Crippen LogP) is 3.35. The summed E-state index contributed by atoms with van der Waals surface area (Å²) in [6, 6.07) is 11.0. The summed E-state index contributed by atoms with van der Waals surface area (Å²) in [6.07, 6.45) is 2.04. The molecule has 3 aromatic rings. The van der Waals surface area contributed by atoms with Gasteiger partial charge in [0.1, 0.15) is 6.04 Å². The van der Waals surface area contributed by atoms with Crippen LogP contribution in [0.25, 0.3) is 10.9 Å². The Balaban J connectivity index is 1.66. The number of fused-ring (bicyclic) bond motifs is 1. The van der Waals surface area contributed by atoms with Gasteiger partial charge in [-0.2, -0.15) is 0 Å². The van der Waals surface area contributed by atoms with E-state index in [1.807, 2.05) is 24.3 Å². The van der Waals surface area contributed by atoms with E-state index in [4.69, 9.17) is 9.47 Å². The lowest BCUT2D eigenvalue weighted by molar-refractivity contribution is -0.145. The molecule has 0 aliphatic rings. The van der Waals surface area contributed by atoms with Crippen molar-refractivity contribution >= 4 is 38.7 Å². The normalized spacial score (nSPS) is 11.8. The van der Waals surface area contributed by atoms with E-state index in [2.05, 4.69) is 26.2 Å². The fraction of sp³-hybridized carbons (Fsp3) is 0.200. The van der Waals surface area contributed by atoms with Crippen molar-refractivity contribution in [1.82, 2.24) is 10.3 Å². The average molecular weight is 449 g/mol. The molecule has 0 aliphatic heterocycles. The van der Waals surface area contributed by atoms with Gasteiger partial charge in [0.25, 0.3) is 5.91 Å². The molecule has 0 radical (unpaired) electrons. The van der Waals surface area contributed by atoms with Crippen LogP contribution in [-0.4, -0.2) is 36.6 Å². The van der Waals surface area contributed by atoms with Crippen LogP contribution >= 0.6 is 15.9 Å². The number of nitrogens with one attached hydrogen (secondary N) is 2. The Morgan fingerprint density at radius 2 is 2.04 bits per heavy atom. The Morgan fingerprint density at radius 3 is 2.79 bits per heavy atom. The lowest BCUT2D eigenvalue weighted by Crippen LogP contribution is -2.44. The van der Waals surface area contributed by atoms with Crippen LogP contribution in [0.15, 0.2) is 53.1 Å². The second kappa shape index (κ2) is 8.88. The van der Waals surface area contributed by atoms with Gasteiger partial charge < -0.3 is 19.8 Å². The third-order valence-electron chi connectivity index (χ3n) is 4.17. The van der Waals surface area contributed by atoms with E-state index in [0.29, 0.717) is 4.47 Å². The summed E-state index contributed by atoms with van der Waals surface area (Å²) >= 11 is 3.15. The molecule has 3 rings (SSSR count). The first kappa shape index (κ1) is 19.9. The van der Waals surface area contributed by atoms with E-state index >= 15 is 0 Å². The number of carbonyl (C=O) groups excluding carboxylic acids is 2. The molecular formula is C20H18BrFN2O4. The van der Waals surface area contributed by atoms with Crippen molar-refractivity contribution in [2.75, 3.05) is 13.7 Å². The van der Waals surface area contributed by atoms with E-state index in [9.17, 15) is 14.0 Å². The molecule has 8 heteroatoms. The molecule has 1 unspecified atom stereocenters. The number of H-pyrrole nitrogens is 1. The monoisotopic (exact) mass is 448 g/mol. The number of hydrogen-bond donors (Lipinski definition) is 2. The van der Waals surface area contributed by atoms with E-state index in [1.165, 1.54) is 19.2 Å². The number of esters is 1. The lowest BCUT2D eigenvalue weighted by Gasteiger charge is -2.16. The summed E-state index contributed by atoms with van der Waals surface area (Å²) in [4.78, 5) is 27.5. The van der Waals surface area contributed by atoms with Gasteiger partial charge in [0.2, 0.25) is 0 Å². The topological polar surface area (TPSA) is 80.4 Å². The van der Waals surface area contributed by atoms with Crippen LogP contribution in [0.1, 0.15) is 5.56 Å². The van der Waals surface area contributed by atoms with Gasteiger partial charge in [0.15, 0.2) is 18.2 Å².